The second-order valence-electron chi connectivity index (χ2n) is 4.40. The normalized spacial score (nSPS) is 12.7. The standard InChI is InChI=1S/C14H19F2NO3/c1-3-17(8-7-13(18)19)10(2)11-5-4-6-12(9-11)20-14(15)16/h4-6,9-10,14H,3,7-8H2,1-2H3,(H,18,19). The third kappa shape index (κ3) is 5.13. The lowest BCUT2D eigenvalue weighted by atomic mass is 10.1. The van der Waals surface area contributed by atoms with Gasteiger partial charge in [0.05, 0.1) is 6.42 Å². The van der Waals surface area contributed by atoms with E-state index in [4.69, 9.17) is 5.11 Å². The highest BCUT2D eigenvalue weighted by atomic mass is 19.3. The first kappa shape index (κ1) is 16.4. The van der Waals surface area contributed by atoms with Crippen molar-refractivity contribution < 1.29 is 23.4 Å². The molecule has 0 saturated heterocycles. The molecular weight excluding hydrogens is 268 g/mol. The number of carboxylic acids is 1. The van der Waals surface area contributed by atoms with Crippen LogP contribution in [0.5, 0.6) is 5.75 Å². The number of hydrogen-bond acceptors (Lipinski definition) is 3. The summed E-state index contributed by atoms with van der Waals surface area (Å²) < 4.78 is 28.8. The number of ether oxygens (including phenoxy) is 1. The second kappa shape index (κ2) is 7.79. The van der Waals surface area contributed by atoms with Crippen molar-refractivity contribution in [3.05, 3.63) is 29.8 Å². The molecule has 0 aromatic heterocycles. The lowest BCUT2D eigenvalue weighted by molar-refractivity contribution is -0.137. The number of aliphatic carboxylic acids is 1. The van der Waals surface area contributed by atoms with Gasteiger partial charge >= 0.3 is 12.6 Å². The zero-order valence-corrected chi connectivity index (χ0v) is 11.6. The Morgan fingerprint density at radius 3 is 2.70 bits per heavy atom. The van der Waals surface area contributed by atoms with E-state index in [-0.39, 0.29) is 18.2 Å². The average Bonchev–Trinajstić information content (AvgIpc) is 2.38. The van der Waals surface area contributed by atoms with Crippen LogP contribution in [0.15, 0.2) is 24.3 Å². The van der Waals surface area contributed by atoms with Gasteiger partial charge in [-0.3, -0.25) is 9.69 Å². The zero-order chi connectivity index (χ0) is 15.1. The van der Waals surface area contributed by atoms with Crippen molar-refractivity contribution in [2.24, 2.45) is 0 Å². The van der Waals surface area contributed by atoms with Gasteiger partial charge in [-0.05, 0) is 31.2 Å². The zero-order valence-electron chi connectivity index (χ0n) is 11.6. The maximum atomic E-state index is 12.2. The summed E-state index contributed by atoms with van der Waals surface area (Å²) in [5.74, 6) is -0.746. The summed E-state index contributed by atoms with van der Waals surface area (Å²) in [6, 6.07) is 6.41. The van der Waals surface area contributed by atoms with E-state index in [0.29, 0.717) is 13.1 Å². The molecule has 1 rings (SSSR count). The molecule has 1 N–H and O–H groups in total. The SMILES string of the molecule is CCN(CCC(=O)O)C(C)c1cccc(OC(F)F)c1. The van der Waals surface area contributed by atoms with Gasteiger partial charge in [-0.2, -0.15) is 8.78 Å². The predicted molar refractivity (Wildman–Crippen MR) is 71.0 cm³/mol. The van der Waals surface area contributed by atoms with Crippen LogP contribution in [0.25, 0.3) is 0 Å². The van der Waals surface area contributed by atoms with Crippen molar-refractivity contribution in [2.75, 3.05) is 13.1 Å². The van der Waals surface area contributed by atoms with E-state index in [1.807, 2.05) is 24.8 Å². The van der Waals surface area contributed by atoms with Gasteiger partial charge in [0, 0.05) is 12.6 Å². The molecule has 0 radical (unpaired) electrons. The highest BCUT2D eigenvalue weighted by molar-refractivity contribution is 5.66. The molecule has 1 unspecified atom stereocenters. The Morgan fingerprint density at radius 1 is 1.45 bits per heavy atom. The maximum Gasteiger partial charge on any atom is 0.387 e. The summed E-state index contributed by atoms with van der Waals surface area (Å²) >= 11 is 0. The van der Waals surface area contributed by atoms with Gasteiger partial charge in [-0.15, -0.1) is 0 Å². The molecule has 0 aliphatic heterocycles. The molecule has 4 nitrogen and oxygen atoms in total. The minimum absolute atomic E-state index is 0.0470. The summed E-state index contributed by atoms with van der Waals surface area (Å²) in [5, 5.41) is 8.72. The summed E-state index contributed by atoms with van der Waals surface area (Å²) in [6.07, 6.45) is 0.0470. The number of carbonyl (C=O) groups is 1. The highest BCUT2D eigenvalue weighted by Gasteiger charge is 2.16. The van der Waals surface area contributed by atoms with E-state index in [9.17, 15) is 13.6 Å². The molecule has 0 fully saturated rings. The fourth-order valence-corrected chi connectivity index (χ4v) is 2.03. The lowest BCUT2D eigenvalue weighted by Gasteiger charge is -2.27. The fraction of sp³-hybridized carbons (Fsp3) is 0.500. The van der Waals surface area contributed by atoms with E-state index in [1.165, 1.54) is 6.07 Å². The van der Waals surface area contributed by atoms with E-state index < -0.39 is 12.6 Å². The number of benzene rings is 1. The Kier molecular flexibility index (Phi) is 6.38. The van der Waals surface area contributed by atoms with Gasteiger partial charge in [0.2, 0.25) is 0 Å². The van der Waals surface area contributed by atoms with Crippen LogP contribution < -0.4 is 4.74 Å². The first-order valence-electron chi connectivity index (χ1n) is 6.44. The molecule has 0 aliphatic rings. The van der Waals surface area contributed by atoms with E-state index in [0.717, 1.165) is 5.56 Å². The number of hydrogen-bond donors (Lipinski definition) is 1. The van der Waals surface area contributed by atoms with E-state index >= 15 is 0 Å². The highest BCUT2D eigenvalue weighted by Crippen LogP contribution is 2.24. The second-order valence-corrected chi connectivity index (χ2v) is 4.40. The lowest BCUT2D eigenvalue weighted by Crippen LogP contribution is -2.29. The van der Waals surface area contributed by atoms with Crippen molar-refractivity contribution >= 4 is 5.97 Å². The van der Waals surface area contributed by atoms with Crippen LogP contribution in [0, 0.1) is 0 Å². The summed E-state index contributed by atoms with van der Waals surface area (Å²) in [5.41, 5.74) is 0.815. The molecule has 0 amide bonds. The Hall–Kier alpha value is -1.69. The third-order valence-corrected chi connectivity index (χ3v) is 3.13. The quantitative estimate of drug-likeness (QED) is 0.798. The minimum atomic E-state index is -2.85. The monoisotopic (exact) mass is 287 g/mol. The van der Waals surface area contributed by atoms with Crippen LogP contribution in [0.1, 0.15) is 31.9 Å². The molecule has 20 heavy (non-hydrogen) atoms. The Labute approximate surface area is 117 Å². The van der Waals surface area contributed by atoms with E-state index in [1.54, 1.807) is 12.1 Å². The van der Waals surface area contributed by atoms with Crippen LogP contribution in [0.4, 0.5) is 8.78 Å². The molecule has 0 spiro atoms. The third-order valence-electron chi connectivity index (χ3n) is 3.13. The predicted octanol–water partition coefficient (Wildman–Crippen LogP) is 3.15. The van der Waals surface area contributed by atoms with Crippen LogP contribution in [0.3, 0.4) is 0 Å². The molecule has 6 heteroatoms. The molecular formula is C14H19F2NO3. The van der Waals surface area contributed by atoms with Gasteiger partial charge in [0.15, 0.2) is 0 Å². The molecule has 1 atom stereocenters. The Bertz CT molecular complexity index is 440. The van der Waals surface area contributed by atoms with Gasteiger partial charge in [-0.25, -0.2) is 0 Å². The maximum absolute atomic E-state index is 12.2. The summed E-state index contributed by atoms with van der Waals surface area (Å²) in [6.45, 7) is 2.07. The van der Waals surface area contributed by atoms with Gasteiger partial charge in [0.1, 0.15) is 5.75 Å². The van der Waals surface area contributed by atoms with Crippen LogP contribution in [-0.4, -0.2) is 35.7 Å². The molecule has 0 saturated carbocycles. The Morgan fingerprint density at radius 2 is 2.15 bits per heavy atom. The topological polar surface area (TPSA) is 49.8 Å². The first-order valence-corrected chi connectivity index (χ1v) is 6.44. The van der Waals surface area contributed by atoms with Crippen molar-refractivity contribution in [3.63, 3.8) is 0 Å². The fourth-order valence-electron chi connectivity index (χ4n) is 2.03. The van der Waals surface area contributed by atoms with E-state index in [2.05, 4.69) is 4.74 Å². The number of halogens is 2. The van der Waals surface area contributed by atoms with Crippen molar-refractivity contribution in [1.82, 2.24) is 4.90 Å². The van der Waals surface area contributed by atoms with Crippen molar-refractivity contribution in [3.8, 4) is 5.75 Å². The largest absolute Gasteiger partial charge is 0.481 e. The summed E-state index contributed by atoms with van der Waals surface area (Å²) in [7, 11) is 0. The Balaban J connectivity index is 2.77. The minimum Gasteiger partial charge on any atom is -0.481 e. The number of rotatable bonds is 8. The molecule has 1 aromatic carbocycles. The van der Waals surface area contributed by atoms with Gasteiger partial charge < -0.3 is 9.84 Å². The molecule has 112 valence electrons. The number of carboxylic acid groups (broad SMARTS) is 1. The molecule has 0 heterocycles. The van der Waals surface area contributed by atoms with Crippen LogP contribution >= 0.6 is 0 Å². The first-order chi connectivity index (χ1) is 9.43. The van der Waals surface area contributed by atoms with Crippen LogP contribution in [-0.2, 0) is 4.79 Å². The van der Waals surface area contributed by atoms with Gasteiger partial charge in [-0.1, -0.05) is 19.1 Å². The van der Waals surface area contributed by atoms with Gasteiger partial charge in [0.25, 0.3) is 0 Å². The number of nitrogens with zero attached hydrogens (tertiary/aromatic N) is 1. The molecule has 0 aliphatic carbocycles. The number of alkyl halides is 2. The van der Waals surface area contributed by atoms with Crippen molar-refractivity contribution in [1.29, 1.82) is 0 Å². The van der Waals surface area contributed by atoms with Crippen molar-refractivity contribution in [2.45, 2.75) is 32.9 Å². The average molecular weight is 287 g/mol. The smallest absolute Gasteiger partial charge is 0.387 e. The molecule has 1 aromatic rings. The molecule has 0 bridgehead atoms. The van der Waals surface area contributed by atoms with Crippen LogP contribution in [0.2, 0.25) is 0 Å². The summed E-state index contributed by atoms with van der Waals surface area (Å²) in [4.78, 5) is 12.6.